The summed E-state index contributed by atoms with van der Waals surface area (Å²) in [6.07, 6.45) is 3.67. The van der Waals surface area contributed by atoms with E-state index in [2.05, 4.69) is 38.3 Å². The van der Waals surface area contributed by atoms with Gasteiger partial charge in [0.2, 0.25) is 0 Å². The molecule has 0 fully saturated rings. The quantitative estimate of drug-likeness (QED) is 0.612. The number of pyridine rings is 1. The van der Waals surface area contributed by atoms with Crippen molar-refractivity contribution < 1.29 is 0 Å². The maximum atomic E-state index is 4.07. The summed E-state index contributed by atoms with van der Waals surface area (Å²) in [5.41, 5.74) is 0.898. The van der Waals surface area contributed by atoms with Crippen LogP contribution >= 0.6 is 15.9 Å². The van der Waals surface area contributed by atoms with Crippen LogP contribution in [-0.4, -0.2) is 14.6 Å². The fourth-order valence-corrected chi connectivity index (χ4v) is 1.96. The third-order valence-corrected chi connectivity index (χ3v) is 2.74. The Bertz CT molecular complexity index is 615. The Morgan fingerprint density at radius 2 is 2.14 bits per heavy atom. The zero-order chi connectivity index (χ0) is 9.54. The first-order valence-corrected chi connectivity index (χ1v) is 5.01. The van der Waals surface area contributed by atoms with E-state index in [1.807, 2.05) is 22.7 Å². The first kappa shape index (κ1) is 7.94. The molecule has 3 nitrogen and oxygen atoms in total. The van der Waals surface area contributed by atoms with Crippen LogP contribution < -0.4 is 0 Å². The lowest BCUT2D eigenvalue weighted by Gasteiger charge is -1.99. The minimum absolute atomic E-state index is 0.898. The van der Waals surface area contributed by atoms with Gasteiger partial charge in [-0.3, -0.25) is 4.40 Å². The lowest BCUT2D eigenvalue weighted by atomic mass is 10.2. The molecule has 0 aliphatic rings. The van der Waals surface area contributed by atoms with Crippen LogP contribution in [-0.2, 0) is 0 Å². The molecule has 0 aliphatic heterocycles. The Labute approximate surface area is 88.5 Å². The van der Waals surface area contributed by atoms with Crippen LogP contribution in [0.3, 0.4) is 0 Å². The molecule has 0 atom stereocenters. The van der Waals surface area contributed by atoms with E-state index < -0.39 is 0 Å². The minimum atomic E-state index is 0.898. The molecule has 2 heterocycles. The van der Waals surface area contributed by atoms with E-state index in [1.54, 1.807) is 6.33 Å². The molecule has 14 heavy (non-hydrogen) atoms. The van der Waals surface area contributed by atoms with Crippen LogP contribution in [0.2, 0.25) is 0 Å². The summed E-state index contributed by atoms with van der Waals surface area (Å²) in [7, 11) is 0. The van der Waals surface area contributed by atoms with E-state index in [4.69, 9.17) is 0 Å². The highest BCUT2D eigenvalue weighted by Crippen LogP contribution is 2.22. The molecule has 0 bridgehead atoms. The van der Waals surface area contributed by atoms with Gasteiger partial charge in [0.15, 0.2) is 5.65 Å². The highest BCUT2D eigenvalue weighted by atomic mass is 79.9. The summed E-state index contributed by atoms with van der Waals surface area (Å²) in [5, 5.41) is 10.2. The van der Waals surface area contributed by atoms with Gasteiger partial charge in [-0.2, -0.15) is 0 Å². The van der Waals surface area contributed by atoms with Crippen LogP contribution in [0.4, 0.5) is 0 Å². The molecule has 1 aromatic carbocycles. The Morgan fingerprint density at radius 1 is 1.21 bits per heavy atom. The fourth-order valence-electron chi connectivity index (χ4n) is 1.58. The molecule has 4 heteroatoms. The molecule has 0 radical (unpaired) electrons. The van der Waals surface area contributed by atoms with Crippen molar-refractivity contribution in [3.8, 4) is 0 Å². The SMILES string of the molecule is Brc1ccc2c(ccn3cnnc23)c1. The molecule has 0 N–H and O–H groups in total. The van der Waals surface area contributed by atoms with Crippen LogP contribution in [0, 0.1) is 0 Å². The summed E-state index contributed by atoms with van der Waals surface area (Å²) in [5.74, 6) is 0. The average molecular weight is 248 g/mol. The maximum absolute atomic E-state index is 4.07. The Morgan fingerprint density at radius 3 is 3.07 bits per heavy atom. The van der Waals surface area contributed by atoms with Gasteiger partial charge in [0.25, 0.3) is 0 Å². The van der Waals surface area contributed by atoms with Crippen molar-refractivity contribution in [1.29, 1.82) is 0 Å². The molecular weight excluding hydrogens is 242 g/mol. The highest BCUT2D eigenvalue weighted by molar-refractivity contribution is 9.10. The van der Waals surface area contributed by atoms with Crippen molar-refractivity contribution >= 4 is 32.3 Å². The zero-order valence-electron chi connectivity index (χ0n) is 7.18. The largest absolute Gasteiger partial charge is 0.289 e. The van der Waals surface area contributed by atoms with Gasteiger partial charge in [-0.05, 0) is 29.7 Å². The smallest absolute Gasteiger partial charge is 0.168 e. The standard InChI is InChI=1S/C10H6BrN3/c11-8-1-2-9-7(5-8)3-4-14-6-12-13-10(9)14/h1-6H. The van der Waals surface area contributed by atoms with Gasteiger partial charge >= 0.3 is 0 Å². The van der Waals surface area contributed by atoms with Gasteiger partial charge in [0.05, 0.1) is 0 Å². The lowest BCUT2D eigenvalue weighted by molar-refractivity contribution is 1.10. The van der Waals surface area contributed by atoms with Crippen LogP contribution in [0.1, 0.15) is 0 Å². The van der Waals surface area contributed by atoms with Gasteiger partial charge in [-0.1, -0.05) is 15.9 Å². The zero-order valence-corrected chi connectivity index (χ0v) is 8.77. The molecule has 0 aliphatic carbocycles. The maximum Gasteiger partial charge on any atom is 0.168 e. The number of hydrogen-bond acceptors (Lipinski definition) is 2. The third kappa shape index (κ3) is 1.04. The summed E-state index contributed by atoms with van der Waals surface area (Å²) >= 11 is 3.44. The average Bonchev–Trinajstić information content (AvgIpc) is 2.65. The van der Waals surface area contributed by atoms with Gasteiger partial charge < -0.3 is 0 Å². The Balaban J connectivity index is 2.57. The first-order valence-electron chi connectivity index (χ1n) is 4.22. The molecule has 0 amide bonds. The molecule has 68 valence electrons. The van der Waals surface area contributed by atoms with Gasteiger partial charge in [0.1, 0.15) is 6.33 Å². The molecule has 0 spiro atoms. The number of halogens is 1. The van der Waals surface area contributed by atoms with Crippen molar-refractivity contribution in [1.82, 2.24) is 14.6 Å². The molecule has 0 saturated carbocycles. The summed E-state index contributed by atoms with van der Waals surface area (Å²) in [6, 6.07) is 8.18. The van der Waals surface area contributed by atoms with E-state index in [9.17, 15) is 0 Å². The second kappa shape index (κ2) is 2.78. The number of hydrogen-bond donors (Lipinski definition) is 0. The number of fused-ring (bicyclic) bond motifs is 3. The Hall–Kier alpha value is -1.42. The second-order valence-corrected chi connectivity index (χ2v) is 4.02. The molecule has 3 aromatic rings. The lowest BCUT2D eigenvalue weighted by Crippen LogP contribution is -1.84. The first-order chi connectivity index (χ1) is 6.84. The van der Waals surface area contributed by atoms with Gasteiger partial charge in [0, 0.05) is 16.1 Å². The van der Waals surface area contributed by atoms with E-state index >= 15 is 0 Å². The van der Waals surface area contributed by atoms with Crippen LogP contribution in [0.25, 0.3) is 16.4 Å². The van der Waals surface area contributed by atoms with Gasteiger partial charge in [-0.25, -0.2) is 0 Å². The predicted octanol–water partition coefficient (Wildman–Crippen LogP) is 2.65. The number of nitrogens with zero attached hydrogens (tertiary/aromatic N) is 3. The molecule has 0 saturated heterocycles. The summed E-state index contributed by atoms with van der Waals surface area (Å²) < 4.78 is 2.99. The number of benzene rings is 1. The van der Waals surface area contributed by atoms with E-state index in [1.165, 1.54) is 5.39 Å². The number of aromatic nitrogens is 3. The summed E-state index contributed by atoms with van der Waals surface area (Å²) in [6.45, 7) is 0. The fraction of sp³-hybridized carbons (Fsp3) is 0. The van der Waals surface area contributed by atoms with Crippen molar-refractivity contribution in [3.05, 3.63) is 41.3 Å². The molecule has 3 rings (SSSR count). The monoisotopic (exact) mass is 247 g/mol. The van der Waals surface area contributed by atoms with E-state index in [0.717, 1.165) is 15.5 Å². The van der Waals surface area contributed by atoms with E-state index in [0.29, 0.717) is 0 Å². The van der Waals surface area contributed by atoms with E-state index in [-0.39, 0.29) is 0 Å². The Kier molecular flexibility index (Phi) is 1.58. The van der Waals surface area contributed by atoms with Crippen molar-refractivity contribution in [2.45, 2.75) is 0 Å². The molecular formula is C10H6BrN3. The van der Waals surface area contributed by atoms with Crippen molar-refractivity contribution in [3.63, 3.8) is 0 Å². The minimum Gasteiger partial charge on any atom is -0.289 e. The normalized spacial score (nSPS) is 11.2. The summed E-state index contributed by atoms with van der Waals surface area (Å²) in [4.78, 5) is 0. The van der Waals surface area contributed by atoms with Crippen LogP contribution in [0.15, 0.2) is 41.3 Å². The molecule has 0 unspecified atom stereocenters. The third-order valence-electron chi connectivity index (χ3n) is 2.24. The topological polar surface area (TPSA) is 30.2 Å². The number of rotatable bonds is 0. The molecule has 2 aromatic heterocycles. The van der Waals surface area contributed by atoms with Crippen molar-refractivity contribution in [2.75, 3.05) is 0 Å². The van der Waals surface area contributed by atoms with Crippen molar-refractivity contribution in [2.24, 2.45) is 0 Å². The second-order valence-electron chi connectivity index (χ2n) is 3.11. The predicted molar refractivity (Wildman–Crippen MR) is 58.2 cm³/mol. The highest BCUT2D eigenvalue weighted by Gasteiger charge is 2.01. The van der Waals surface area contributed by atoms with Gasteiger partial charge in [-0.15, -0.1) is 10.2 Å². The van der Waals surface area contributed by atoms with Crippen LogP contribution in [0.5, 0.6) is 0 Å².